The number of benzene rings is 1. The van der Waals surface area contributed by atoms with E-state index < -0.39 is 0 Å². The quantitative estimate of drug-likeness (QED) is 0.701. The molecule has 1 aromatic rings. The molecule has 0 radical (unpaired) electrons. The molecule has 2 heteroatoms. The molecule has 0 spiro atoms. The fourth-order valence-electron chi connectivity index (χ4n) is 2.41. The zero-order valence-corrected chi connectivity index (χ0v) is 9.54. The average Bonchev–Trinajstić information content (AvgIpc) is 2.74. The van der Waals surface area contributed by atoms with Crippen molar-refractivity contribution in [2.24, 2.45) is 4.99 Å². The maximum atomic E-state index is 4.86. The summed E-state index contributed by atoms with van der Waals surface area (Å²) >= 11 is 2.00. The summed E-state index contributed by atoms with van der Waals surface area (Å²) in [6.07, 6.45) is 5.42. The minimum absolute atomic E-state index is 0.610. The number of hydrogen-bond donors (Lipinski definition) is 0. The Kier molecular flexibility index (Phi) is 2.53. The van der Waals surface area contributed by atoms with Gasteiger partial charge in [-0.05, 0) is 12.8 Å². The molecule has 2 unspecified atom stereocenters. The Morgan fingerprint density at radius 1 is 1.07 bits per heavy atom. The van der Waals surface area contributed by atoms with Gasteiger partial charge < -0.3 is 0 Å². The van der Waals surface area contributed by atoms with Crippen LogP contribution in [0.1, 0.15) is 31.2 Å². The number of thioether (sulfide) groups is 1. The summed E-state index contributed by atoms with van der Waals surface area (Å²) in [6, 6.07) is 11.2. The van der Waals surface area contributed by atoms with Crippen LogP contribution in [0.2, 0.25) is 0 Å². The highest BCUT2D eigenvalue weighted by molar-refractivity contribution is 8.15. The van der Waals surface area contributed by atoms with Crippen molar-refractivity contribution in [1.82, 2.24) is 0 Å². The highest BCUT2D eigenvalue weighted by Gasteiger charge is 2.32. The van der Waals surface area contributed by atoms with Gasteiger partial charge in [0.2, 0.25) is 0 Å². The molecule has 1 aliphatic heterocycles. The fourth-order valence-corrected chi connectivity index (χ4v) is 3.80. The molecule has 1 nitrogen and oxygen atoms in total. The number of aliphatic imine (C=N–C) groups is 1. The van der Waals surface area contributed by atoms with E-state index in [0.29, 0.717) is 6.04 Å². The van der Waals surface area contributed by atoms with E-state index in [2.05, 4.69) is 30.3 Å². The minimum Gasteiger partial charge on any atom is -0.273 e. The first-order valence-corrected chi connectivity index (χ1v) is 6.61. The van der Waals surface area contributed by atoms with E-state index in [1.165, 1.54) is 36.3 Å². The summed E-state index contributed by atoms with van der Waals surface area (Å²) in [5.74, 6) is 0. The van der Waals surface area contributed by atoms with Gasteiger partial charge in [-0.2, -0.15) is 0 Å². The molecule has 2 aliphatic rings. The van der Waals surface area contributed by atoms with E-state index >= 15 is 0 Å². The third-order valence-corrected chi connectivity index (χ3v) is 4.65. The molecule has 1 aromatic carbocycles. The Hall–Kier alpha value is -0.760. The second-order valence-electron chi connectivity index (χ2n) is 4.31. The van der Waals surface area contributed by atoms with Gasteiger partial charge in [-0.1, -0.05) is 43.2 Å². The summed E-state index contributed by atoms with van der Waals surface area (Å²) in [7, 11) is 0. The lowest BCUT2D eigenvalue weighted by Gasteiger charge is -2.21. The summed E-state index contributed by atoms with van der Waals surface area (Å²) in [5, 5.41) is 2.04. The molecule has 0 amide bonds. The Bertz CT molecular complexity index is 371. The Morgan fingerprint density at radius 3 is 2.67 bits per heavy atom. The van der Waals surface area contributed by atoms with Crippen LogP contribution in [0, 0.1) is 0 Å². The van der Waals surface area contributed by atoms with Crippen molar-refractivity contribution in [1.29, 1.82) is 0 Å². The minimum atomic E-state index is 0.610. The molecule has 78 valence electrons. The van der Waals surface area contributed by atoms with E-state index in [1.807, 2.05) is 11.8 Å². The molecular weight excluding hydrogens is 202 g/mol. The molecular formula is C13H15NS. The first-order chi connectivity index (χ1) is 7.43. The maximum absolute atomic E-state index is 4.86. The van der Waals surface area contributed by atoms with Gasteiger partial charge in [0.1, 0.15) is 0 Å². The van der Waals surface area contributed by atoms with Crippen LogP contribution in [0.3, 0.4) is 0 Å². The van der Waals surface area contributed by atoms with Crippen molar-refractivity contribution < 1.29 is 0 Å². The topological polar surface area (TPSA) is 12.4 Å². The van der Waals surface area contributed by atoms with Crippen LogP contribution in [0.5, 0.6) is 0 Å². The highest BCUT2D eigenvalue weighted by atomic mass is 32.2. The smallest absolute Gasteiger partial charge is 0.0984 e. The molecule has 3 rings (SSSR count). The first-order valence-electron chi connectivity index (χ1n) is 5.73. The lowest BCUT2D eigenvalue weighted by Crippen LogP contribution is -2.21. The molecule has 0 aromatic heterocycles. The zero-order chi connectivity index (χ0) is 10.1. The zero-order valence-electron chi connectivity index (χ0n) is 8.73. The molecule has 2 atom stereocenters. The Balaban J connectivity index is 1.84. The van der Waals surface area contributed by atoms with Crippen LogP contribution in [0.4, 0.5) is 0 Å². The number of nitrogens with zero attached hydrogens (tertiary/aromatic N) is 1. The summed E-state index contributed by atoms with van der Waals surface area (Å²) in [6.45, 7) is 0. The molecule has 0 saturated heterocycles. The van der Waals surface area contributed by atoms with Gasteiger partial charge in [-0.25, -0.2) is 0 Å². The van der Waals surface area contributed by atoms with Crippen molar-refractivity contribution in [3.63, 3.8) is 0 Å². The third kappa shape index (κ3) is 1.83. The predicted octanol–water partition coefficient (Wildman–Crippen LogP) is 3.49. The van der Waals surface area contributed by atoms with Crippen LogP contribution in [0.15, 0.2) is 35.3 Å². The van der Waals surface area contributed by atoms with Gasteiger partial charge in [0.05, 0.1) is 11.1 Å². The highest BCUT2D eigenvalue weighted by Crippen LogP contribution is 2.38. The Labute approximate surface area is 95.0 Å². The molecule has 15 heavy (non-hydrogen) atoms. The van der Waals surface area contributed by atoms with Gasteiger partial charge in [0, 0.05) is 10.8 Å². The van der Waals surface area contributed by atoms with Crippen molar-refractivity contribution in [3.8, 4) is 0 Å². The average molecular weight is 217 g/mol. The van der Waals surface area contributed by atoms with Crippen molar-refractivity contribution in [2.75, 3.05) is 0 Å². The summed E-state index contributed by atoms with van der Waals surface area (Å²) < 4.78 is 0. The number of rotatable bonds is 1. The summed E-state index contributed by atoms with van der Waals surface area (Å²) in [5.41, 5.74) is 1.30. The van der Waals surface area contributed by atoms with Crippen LogP contribution in [-0.2, 0) is 0 Å². The standard InChI is InChI=1S/C13H15NS/c1-2-6-10(7-3-1)13-14-11-8-4-5-9-12(11)15-13/h1-3,6-7,11-12H,4-5,8-9H2. The monoisotopic (exact) mass is 217 g/mol. The van der Waals surface area contributed by atoms with Crippen molar-refractivity contribution in [2.45, 2.75) is 37.0 Å². The van der Waals surface area contributed by atoms with Crippen LogP contribution in [0.25, 0.3) is 0 Å². The van der Waals surface area contributed by atoms with Gasteiger partial charge in [0.15, 0.2) is 0 Å². The molecule has 0 N–H and O–H groups in total. The first kappa shape index (κ1) is 9.46. The van der Waals surface area contributed by atoms with E-state index in [-0.39, 0.29) is 0 Å². The van der Waals surface area contributed by atoms with E-state index in [4.69, 9.17) is 4.99 Å². The van der Waals surface area contributed by atoms with E-state index in [0.717, 1.165) is 5.25 Å². The van der Waals surface area contributed by atoms with Gasteiger partial charge in [-0.15, -0.1) is 11.8 Å². The molecule has 1 aliphatic carbocycles. The SMILES string of the molecule is c1ccc(C2=NC3CCCCC3S2)cc1. The lowest BCUT2D eigenvalue weighted by atomic mass is 9.95. The molecule has 1 fully saturated rings. The second kappa shape index (κ2) is 4.01. The fraction of sp³-hybridized carbons (Fsp3) is 0.462. The van der Waals surface area contributed by atoms with Crippen molar-refractivity contribution in [3.05, 3.63) is 35.9 Å². The van der Waals surface area contributed by atoms with Crippen LogP contribution in [-0.4, -0.2) is 16.3 Å². The number of fused-ring (bicyclic) bond motifs is 1. The van der Waals surface area contributed by atoms with E-state index in [9.17, 15) is 0 Å². The second-order valence-corrected chi connectivity index (χ2v) is 5.54. The lowest BCUT2D eigenvalue weighted by molar-refractivity contribution is 0.462. The number of hydrogen-bond acceptors (Lipinski definition) is 2. The normalized spacial score (nSPS) is 29.7. The van der Waals surface area contributed by atoms with Crippen LogP contribution >= 0.6 is 11.8 Å². The molecule has 0 bridgehead atoms. The molecule has 1 heterocycles. The molecule has 1 saturated carbocycles. The maximum Gasteiger partial charge on any atom is 0.0984 e. The predicted molar refractivity (Wildman–Crippen MR) is 66.6 cm³/mol. The largest absolute Gasteiger partial charge is 0.273 e. The third-order valence-electron chi connectivity index (χ3n) is 3.23. The van der Waals surface area contributed by atoms with Gasteiger partial charge in [0.25, 0.3) is 0 Å². The summed E-state index contributed by atoms with van der Waals surface area (Å²) in [4.78, 5) is 4.86. The van der Waals surface area contributed by atoms with Crippen molar-refractivity contribution >= 4 is 16.8 Å². The van der Waals surface area contributed by atoms with Gasteiger partial charge in [-0.3, -0.25) is 4.99 Å². The van der Waals surface area contributed by atoms with Gasteiger partial charge >= 0.3 is 0 Å². The Morgan fingerprint density at radius 2 is 1.87 bits per heavy atom. The van der Waals surface area contributed by atoms with E-state index in [1.54, 1.807) is 0 Å². The van der Waals surface area contributed by atoms with Crippen LogP contribution < -0.4 is 0 Å².